The minimum atomic E-state index is -0.436. The van der Waals surface area contributed by atoms with E-state index in [1.54, 1.807) is 42.6 Å². The molecule has 1 aromatic carbocycles. The van der Waals surface area contributed by atoms with Crippen molar-refractivity contribution in [2.75, 3.05) is 4.90 Å². The molecule has 122 valence electrons. The lowest BCUT2D eigenvalue weighted by Gasteiger charge is -2.21. The van der Waals surface area contributed by atoms with Crippen molar-refractivity contribution in [2.45, 2.75) is 6.54 Å². The Hall–Kier alpha value is -2.18. The number of carbonyl (C=O) groups is 1. The molecular weight excluding hydrogens is 399 g/mol. The Kier molecular flexibility index (Phi) is 4.97. The van der Waals surface area contributed by atoms with E-state index in [0.29, 0.717) is 16.1 Å². The van der Waals surface area contributed by atoms with Crippen LogP contribution < -0.4 is 4.90 Å². The average Bonchev–Trinajstić information content (AvgIpc) is 3.01. The van der Waals surface area contributed by atoms with Crippen molar-refractivity contribution in [2.24, 2.45) is 0 Å². The predicted molar refractivity (Wildman–Crippen MR) is 92.6 cm³/mol. The Morgan fingerprint density at radius 1 is 1.25 bits per heavy atom. The first-order valence-corrected chi connectivity index (χ1v) is 8.14. The van der Waals surface area contributed by atoms with Crippen molar-refractivity contribution in [3.05, 3.63) is 81.6 Å². The van der Waals surface area contributed by atoms with Gasteiger partial charge in [0.05, 0.1) is 6.54 Å². The van der Waals surface area contributed by atoms with Crippen LogP contribution in [0.5, 0.6) is 0 Å². The smallest absolute Gasteiger partial charge is 0.295 e. The first-order chi connectivity index (χ1) is 11.5. The third kappa shape index (κ3) is 3.66. The number of rotatable bonds is 4. The molecule has 0 fully saturated rings. The van der Waals surface area contributed by atoms with E-state index in [2.05, 4.69) is 20.9 Å². The topological polar surface area (TPSA) is 46.3 Å². The van der Waals surface area contributed by atoms with Gasteiger partial charge in [-0.25, -0.2) is 9.37 Å². The molecule has 0 aliphatic carbocycles. The number of amides is 1. The highest BCUT2D eigenvalue weighted by atomic mass is 79.9. The van der Waals surface area contributed by atoms with Crippen LogP contribution in [0.3, 0.4) is 0 Å². The predicted octanol–water partition coefficient (Wildman–Crippen LogP) is 5.08. The maximum atomic E-state index is 13.2. The summed E-state index contributed by atoms with van der Waals surface area (Å²) in [6.45, 7) is 0.132. The molecule has 24 heavy (non-hydrogen) atoms. The maximum absolute atomic E-state index is 13.2. The summed E-state index contributed by atoms with van der Waals surface area (Å²) in [5.41, 5.74) is 0.600. The molecule has 0 atom stereocenters. The number of halogens is 3. The zero-order valence-electron chi connectivity index (χ0n) is 12.2. The Morgan fingerprint density at radius 2 is 2.08 bits per heavy atom. The van der Waals surface area contributed by atoms with Gasteiger partial charge in [-0.1, -0.05) is 23.7 Å². The molecule has 2 heterocycles. The van der Waals surface area contributed by atoms with Crippen LogP contribution in [0.4, 0.5) is 10.2 Å². The maximum Gasteiger partial charge on any atom is 0.295 e. The van der Waals surface area contributed by atoms with Crippen molar-refractivity contribution in [3.63, 3.8) is 0 Å². The lowest BCUT2D eigenvalue weighted by Crippen LogP contribution is -2.31. The van der Waals surface area contributed by atoms with Crippen LogP contribution in [0, 0.1) is 5.82 Å². The van der Waals surface area contributed by atoms with Crippen LogP contribution in [-0.4, -0.2) is 10.9 Å². The lowest BCUT2D eigenvalue weighted by molar-refractivity contribution is 0.0956. The van der Waals surface area contributed by atoms with E-state index in [4.69, 9.17) is 16.0 Å². The Bertz CT molecular complexity index is 870. The fourth-order valence-corrected chi connectivity index (χ4v) is 2.69. The van der Waals surface area contributed by atoms with Gasteiger partial charge in [-0.3, -0.25) is 9.69 Å². The normalized spacial score (nSPS) is 10.6. The van der Waals surface area contributed by atoms with Crippen molar-refractivity contribution < 1.29 is 13.6 Å². The van der Waals surface area contributed by atoms with Crippen molar-refractivity contribution in [1.29, 1.82) is 0 Å². The quantitative estimate of drug-likeness (QED) is 0.604. The van der Waals surface area contributed by atoms with Gasteiger partial charge in [0.1, 0.15) is 11.6 Å². The largest absolute Gasteiger partial charge is 0.444 e. The summed E-state index contributed by atoms with van der Waals surface area (Å²) in [5.74, 6) is -0.213. The molecule has 0 N–H and O–H groups in total. The monoisotopic (exact) mass is 408 g/mol. The zero-order chi connectivity index (χ0) is 17.1. The number of benzene rings is 1. The van der Waals surface area contributed by atoms with Crippen LogP contribution in [0.2, 0.25) is 5.02 Å². The second-order valence-electron chi connectivity index (χ2n) is 4.92. The molecule has 1 amide bonds. The summed E-state index contributed by atoms with van der Waals surface area (Å²) < 4.78 is 19.0. The van der Waals surface area contributed by atoms with Crippen LogP contribution in [0.1, 0.15) is 16.1 Å². The number of hydrogen-bond acceptors (Lipinski definition) is 3. The third-order valence-electron chi connectivity index (χ3n) is 3.30. The van der Waals surface area contributed by atoms with Crippen molar-refractivity contribution in [3.8, 4) is 0 Å². The van der Waals surface area contributed by atoms with Crippen LogP contribution >= 0.6 is 27.5 Å². The number of pyridine rings is 1. The highest BCUT2D eigenvalue weighted by Crippen LogP contribution is 2.24. The summed E-state index contributed by atoms with van der Waals surface area (Å²) in [4.78, 5) is 18.4. The minimum Gasteiger partial charge on any atom is -0.444 e. The van der Waals surface area contributed by atoms with E-state index in [1.807, 2.05) is 0 Å². The molecular formula is C17H11BrClFN2O2. The molecule has 0 saturated carbocycles. The molecule has 3 aromatic rings. The molecule has 0 bridgehead atoms. The summed E-state index contributed by atoms with van der Waals surface area (Å²) in [5, 5.41) is 0.240. The third-order valence-corrected chi connectivity index (χ3v) is 4.08. The summed E-state index contributed by atoms with van der Waals surface area (Å²) in [6.07, 6.45) is 1.58. The average molecular weight is 410 g/mol. The van der Waals surface area contributed by atoms with Gasteiger partial charge >= 0.3 is 0 Å². The van der Waals surface area contributed by atoms with Gasteiger partial charge in [0, 0.05) is 11.2 Å². The fraction of sp³-hybridized carbons (Fsp3) is 0.0588. The van der Waals surface area contributed by atoms with Gasteiger partial charge in [-0.15, -0.1) is 0 Å². The summed E-state index contributed by atoms with van der Waals surface area (Å²) in [6, 6.07) is 12.5. The van der Waals surface area contributed by atoms with E-state index >= 15 is 0 Å². The first-order valence-electron chi connectivity index (χ1n) is 6.97. The Morgan fingerprint density at radius 3 is 2.71 bits per heavy atom. The van der Waals surface area contributed by atoms with Crippen LogP contribution in [0.25, 0.3) is 0 Å². The molecule has 4 nitrogen and oxygen atoms in total. The van der Waals surface area contributed by atoms with E-state index in [0.717, 1.165) is 0 Å². The van der Waals surface area contributed by atoms with Gasteiger partial charge in [0.2, 0.25) is 0 Å². The number of furan rings is 1. The Balaban J connectivity index is 1.97. The molecule has 0 unspecified atom stereocenters. The number of aromatic nitrogens is 1. The SMILES string of the molecule is O=C(c1ccc(Br)o1)N(Cc1ccc(F)cc1Cl)c1ccccn1. The molecule has 0 radical (unpaired) electrons. The number of hydrogen-bond donors (Lipinski definition) is 0. The van der Waals surface area contributed by atoms with E-state index < -0.39 is 5.82 Å². The highest BCUT2D eigenvalue weighted by molar-refractivity contribution is 9.10. The molecule has 0 aliphatic rings. The second kappa shape index (κ2) is 7.15. The zero-order valence-corrected chi connectivity index (χ0v) is 14.6. The van der Waals surface area contributed by atoms with E-state index in [9.17, 15) is 9.18 Å². The number of carbonyl (C=O) groups excluding carboxylic acids is 1. The first kappa shape index (κ1) is 16.7. The molecule has 2 aromatic heterocycles. The lowest BCUT2D eigenvalue weighted by atomic mass is 10.2. The van der Waals surface area contributed by atoms with Gasteiger partial charge in [-0.2, -0.15) is 0 Å². The molecule has 0 spiro atoms. The summed E-state index contributed by atoms with van der Waals surface area (Å²) >= 11 is 9.26. The minimum absolute atomic E-state index is 0.132. The van der Waals surface area contributed by atoms with Crippen molar-refractivity contribution >= 4 is 39.3 Å². The highest BCUT2D eigenvalue weighted by Gasteiger charge is 2.23. The molecule has 7 heteroatoms. The summed E-state index contributed by atoms with van der Waals surface area (Å²) in [7, 11) is 0. The number of nitrogens with zero attached hydrogens (tertiary/aromatic N) is 2. The van der Waals surface area contributed by atoms with Gasteiger partial charge < -0.3 is 4.42 Å². The van der Waals surface area contributed by atoms with Gasteiger partial charge in [-0.05, 0) is 57.9 Å². The van der Waals surface area contributed by atoms with Crippen molar-refractivity contribution in [1.82, 2.24) is 4.98 Å². The van der Waals surface area contributed by atoms with E-state index in [-0.39, 0.29) is 23.2 Å². The molecule has 0 saturated heterocycles. The van der Waals surface area contributed by atoms with Gasteiger partial charge in [0.15, 0.2) is 10.4 Å². The number of anilines is 1. The Labute approximate surface area is 151 Å². The molecule has 0 aliphatic heterocycles. The second-order valence-corrected chi connectivity index (χ2v) is 6.11. The van der Waals surface area contributed by atoms with Gasteiger partial charge in [0.25, 0.3) is 5.91 Å². The molecule has 3 rings (SSSR count). The standard InChI is InChI=1S/C17H11BrClFN2O2/c18-15-7-6-14(24-15)17(23)22(16-3-1-2-8-21-16)10-11-4-5-12(20)9-13(11)19/h1-9H,10H2. The fourth-order valence-electron chi connectivity index (χ4n) is 2.15. The van der Waals surface area contributed by atoms with Crippen LogP contribution in [0.15, 0.2) is 63.8 Å². The van der Waals surface area contributed by atoms with E-state index in [1.165, 1.54) is 17.0 Å². The van der Waals surface area contributed by atoms with Crippen LogP contribution in [-0.2, 0) is 6.54 Å².